The van der Waals surface area contributed by atoms with E-state index in [4.69, 9.17) is 28.7 Å². The Morgan fingerprint density at radius 2 is 0.773 bits per heavy atom. The molecule has 0 aliphatic heterocycles. The molecule has 0 aliphatic carbocycles. The number of benzene rings is 2. The molecule has 0 atom stereocenters. The van der Waals surface area contributed by atoms with Crippen LogP contribution in [-0.4, -0.2) is 19.6 Å². The summed E-state index contributed by atoms with van der Waals surface area (Å²) >= 11 is 8.39. The predicted molar refractivity (Wildman–Crippen MR) is 87.7 cm³/mol. The van der Waals surface area contributed by atoms with Crippen molar-refractivity contribution in [3.63, 3.8) is 0 Å². The lowest BCUT2D eigenvalue weighted by molar-refractivity contribution is 0.393. The van der Waals surface area contributed by atoms with Crippen LogP contribution < -0.4 is 0 Å². The zero-order chi connectivity index (χ0) is 17.2. The van der Waals surface area contributed by atoms with E-state index in [2.05, 4.69) is 71.0 Å². The van der Waals surface area contributed by atoms with Gasteiger partial charge in [-0.15, -0.1) is 0 Å². The molecule has 0 bridgehead atoms. The van der Waals surface area contributed by atoms with Crippen molar-refractivity contribution < 1.29 is 28.7 Å². The molecule has 2 aromatic rings. The molecule has 0 saturated carbocycles. The lowest BCUT2D eigenvalue weighted by Crippen LogP contribution is -1.73. The summed E-state index contributed by atoms with van der Waals surface area (Å²) < 4.78 is 18.2. The van der Waals surface area contributed by atoms with Gasteiger partial charge in [0, 0.05) is 22.5 Å². The highest BCUT2D eigenvalue weighted by Crippen LogP contribution is 2.40. The minimum atomic E-state index is -4.17. The van der Waals surface area contributed by atoms with E-state index in [1.165, 1.54) is 11.1 Å². The second-order valence-electron chi connectivity index (χ2n) is 3.68. The first-order valence-electron chi connectivity index (χ1n) is 5.57. The SMILES string of the molecule is O=P(O)(O)Cl.O=P(O)(O)Cl.c1ccc(-c2ccccc2)cc1. The van der Waals surface area contributed by atoms with Crippen LogP contribution in [0.5, 0.6) is 0 Å². The Hall–Kier alpha value is -0.680. The predicted octanol–water partition coefficient (Wildman–Crippen LogP) is 3.99. The third-order valence-electron chi connectivity index (χ3n) is 1.88. The summed E-state index contributed by atoms with van der Waals surface area (Å²) in [7, 11) is 0. The van der Waals surface area contributed by atoms with Gasteiger partial charge in [0.2, 0.25) is 0 Å². The van der Waals surface area contributed by atoms with Gasteiger partial charge in [-0.2, -0.15) is 0 Å². The van der Waals surface area contributed by atoms with E-state index in [1.54, 1.807) is 0 Å². The molecule has 22 heavy (non-hydrogen) atoms. The number of halogens is 2. The van der Waals surface area contributed by atoms with E-state index in [0.29, 0.717) is 0 Å². The van der Waals surface area contributed by atoms with Gasteiger partial charge in [-0.05, 0) is 11.1 Å². The van der Waals surface area contributed by atoms with E-state index in [9.17, 15) is 0 Å². The Balaban J connectivity index is 0.000000372. The van der Waals surface area contributed by atoms with Crippen LogP contribution in [-0.2, 0) is 9.13 Å². The van der Waals surface area contributed by atoms with Crippen LogP contribution in [0.1, 0.15) is 0 Å². The third-order valence-corrected chi connectivity index (χ3v) is 1.88. The molecule has 0 amide bonds. The Kier molecular flexibility index (Phi) is 9.85. The van der Waals surface area contributed by atoms with Gasteiger partial charge in [0.1, 0.15) is 0 Å². The zero-order valence-electron chi connectivity index (χ0n) is 11.0. The van der Waals surface area contributed by atoms with Gasteiger partial charge in [0.25, 0.3) is 0 Å². The van der Waals surface area contributed by atoms with Crippen LogP contribution in [0.4, 0.5) is 0 Å². The fraction of sp³-hybridized carbons (Fsp3) is 0. The van der Waals surface area contributed by atoms with Gasteiger partial charge in [0.15, 0.2) is 0 Å². The van der Waals surface area contributed by atoms with E-state index >= 15 is 0 Å². The van der Waals surface area contributed by atoms with Gasteiger partial charge in [-0.25, -0.2) is 9.13 Å². The third kappa shape index (κ3) is 17.4. The van der Waals surface area contributed by atoms with Crippen molar-refractivity contribution in [1.82, 2.24) is 0 Å². The monoisotopic (exact) mass is 386 g/mol. The fourth-order valence-corrected chi connectivity index (χ4v) is 1.26. The molecule has 2 rings (SSSR count). The van der Waals surface area contributed by atoms with Crippen LogP contribution in [0, 0.1) is 0 Å². The largest absolute Gasteiger partial charge is 0.419 e. The minimum Gasteiger partial charge on any atom is -0.313 e. The molecular formula is C12H14Cl2O6P2. The fourth-order valence-electron chi connectivity index (χ4n) is 1.26. The van der Waals surface area contributed by atoms with E-state index in [-0.39, 0.29) is 0 Å². The summed E-state index contributed by atoms with van der Waals surface area (Å²) in [6, 6.07) is 20.8. The molecule has 0 unspecified atom stereocenters. The molecule has 0 radical (unpaired) electrons. The number of hydrogen-bond donors (Lipinski definition) is 4. The zero-order valence-corrected chi connectivity index (χ0v) is 14.3. The number of hydrogen-bond acceptors (Lipinski definition) is 2. The van der Waals surface area contributed by atoms with Gasteiger partial charge < -0.3 is 19.6 Å². The highest BCUT2D eigenvalue weighted by atomic mass is 35.7. The van der Waals surface area contributed by atoms with Crippen molar-refractivity contribution in [2.24, 2.45) is 0 Å². The molecule has 6 nitrogen and oxygen atoms in total. The second kappa shape index (κ2) is 10.2. The van der Waals surface area contributed by atoms with Gasteiger partial charge in [-0.1, -0.05) is 60.7 Å². The second-order valence-corrected chi connectivity index (χ2v) is 8.21. The summed E-state index contributed by atoms with van der Waals surface area (Å²) in [5, 5.41) is 0. The maximum atomic E-state index is 9.09. The summed E-state index contributed by atoms with van der Waals surface area (Å²) in [6.45, 7) is -8.33. The summed E-state index contributed by atoms with van der Waals surface area (Å²) in [5.74, 6) is 0. The molecule has 2 aromatic carbocycles. The maximum absolute atomic E-state index is 9.09. The van der Waals surface area contributed by atoms with Crippen LogP contribution in [0.25, 0.3) is 11.1 Å². The standard InChI is InChI=1S/C12H10.2ClH2O3P/c1-3-7-11(8-4-1)12-9-5-2-6-10-12;2*1-5(2,3)4/h1-10H;2*(H2,2,3,4). The van der Waals surface area contributed by atoms with Crippen molar-refractivity contribution in [3.05, 3.63) is 60.7 Å². The highest BCUT2D eigenvalue weighted by Gasteiger charge is 2.01. The van der Waals surface area contributed by atoms with Crippen molar-refractivity contribution >= 4 is 36.4 Å². The van der Waals surface area contributed by atoms with Crippen molar-refractivity contribution in [1.29, 1.82) is 0 Å². The average Bonchev–Trinajstić information content (AvgIpc) is 2.37. The summed E-state index contributed by atoms with van der Waals surface area (Å²) in [5.41, 5.74) is 2.55. The van der Waals surface area contributed by atoms with E-state index in [0.717, 1.165) is 0 Å². The molecule has 0 aliphatic rings. The average molecular weight is 387 g/mol. The molecule has 0 heterocycles. The Morgan fingerprint density at radius 1 is 0.591 bits per heavy atom. The Morgan fingerprint density at radius 3 is 0.955 bits per heavy atom. The molecule has 0 aromatic heterocycles. The van der Waals surface area contributed by atoms with Crippen molar-refractivity contribution in [3.8, 4) is 11.1 Å². The lowest BCUT2D eigenvalue weighted by Gasteiger charge is -1.98. The molecule has 4 N–H and O–H groups in total. The normalized spacial score (nSPS) is 10.6. The first-order chi connectivity index (χ1) is 9.97. The van der Waals surface area contributed by atoms with Gasteiger partial charge in [0.05, 0.1) is 0 Å². The summed E-state index contributed by atoms with van der Waals surface area (Å²) in [6.07, 6.45) is 0. The Bertz CT molecular complexity index is 553. The molecule has 0 fully saturated rings. The Labute approximate surface area is 137 Å². The van der Waals surface area contributed by atoms with Crippen LogP contribution in [0.15, 0.2) is 60.7 Å². The topological polar surface area (TPSA) is 115 Å². The molecule has 122 valence electrons. The van der Waals surface area contributed by atoms with E-state index < -0.39 is 13.9 Å². The first kappa shape index (κ1) is 21.3. The van der Waals surface area contributed by atoms with Crippen LogP contribution in [0.3, 0.4) is 0 Å². The first-order valence-corrected chi connectivity index (χ1v) is 10.6. The van der Waals surface area contributed by atoms with Crippen LogP contribution >= 0.6 is 36.4 Å². The van der Waals surface area contributed by atoms with Gasteiger partial charge in [-0.3, -0.25) is 0 Å². The molecule has 0 spiro atoms. The number of rotatable bonds is 1. The molecule has 10 heteroatoms. The highest BCUT2D eigenvalue weighted by molar-refractivity contribution is 7.80. The van der Waals surface area contributed by atoms with Gasteiger partial charge >= 0.3 is 13.9 Å². The van der Waals surface area contributed by atoms with Crippen molar-refractivity contribution in [2.45, 2.75) is 0 Å². The lowest BCUT2D eigenvalue weighted by atomic mass is 10.1. The smallest absolute Gasteiger partial charge is 0.313 e. The quantitative estimate of drug-likeness (QED) is 0.550. The minimum absolute atomic E-state index is 1.28. The molecular weight excluding hydrogens is 373 g/mol. The van der Waals surface area contributed by atoms with Crippen molar-refractivity contribution in [2.75, 3.05) is 0 Å². The molecule has 0 saturated heterocycles. The van der Waals surface area contributed by atoms with E-state index in [1.807, 2.05) is 12.1 Å². The maximum Gasteiger partial charge on any atom is 0.419 e. The van der Waals surface area contributed by atoms with Crippen LogP contribution in [0.2, 0.25) is 0 Å². The summed E-state index contributed by atoms with van der Waals surface area (Å²) in [4.78, 5) is 29.6.